The lowest BCUT2D eigenvalue weighted by Crippen LogP contribution is -2.25. The molecule has 1 fully saturated rings. The highest BCUT2D eigenvalue weighted by atomic mass is 16.3. The van der Waals surface area contributed by atoms with E-state index in [0.717, 1.165) is 25.6 Å². The molecule has 17 heavy (non-hydrogen) atoms. The summed E-state index contributed by atoms with van der Waals surface area (Å²) in [4.78, 5) is 2.18. The standard InChI is InChI=1S/C7H14.C6H15NO.2H2O/c1-7-5-3-2-4-6-7;1-3-7(4-2)5-6-8;;/h7H,2-6H2,1H3;8H,3-6H2,1-2H3;2*1H2. The fourth-order valence-corrected chi connectivity index (χ4v) is 1.99. The van der Waals surface area contributed by atoms with Crippen LogP contribution in [0, 0.1) is 5.92 Å². The van der Waals surface area contributed by atoms with Crippen LogP contribution in [0.4, 0.5) is 0 Å². The normalized spacial score (nSPS) is 15.4. The Morgan fingerprint density at radius 2 is 1.47 bits per heavy atom. The van der Waals surface area contributed by atoms with Gasteiger partial charge < -0.3 is 21.0 Å². The van der Waals surface area contributed by atoms with Gasteiger partial charge in [0.25, 0.3) is 0 Å². The zero-order valence-corrected chi connectivity index (χ0v) is 11.8. The Morgan fingerprint density at radius 3 is 1.65 bits per heavy atom. The smallest absolute Gasteiger partial charge is 0.0558 e. The molecule has 0 heterocycles. The summed E-state index contributed by atoms with van der Waals surface area (Å²) in [6, 6.07) is 0. The van der Waals surface area contributed by atoms with E-state index < -0.39 is 0 Å². The molecule has 1 aliphatic rings. The highest BCUT2D eigenvalue weighted by Crippen LogP contribution is 2.22. The molecule has 0 unspecified atom stereocenters. The van der Waals surface area contributed by atoms with Crippen molar-refractivity contribution in [1.29, 1.82) is 0 Å². The molecule has 0 radical (unpaired) electrons. The van der Waals surface area contributed by atoms with Gasteiger partial charge in [0.15, 0.2) is 0 Å². The first-order chi connectivity index (χ1) is 7.24. The molecule has 4 nitrogen and oxygen atoms in total. The molecule has 0 spiro atoms. The van der Waals surface area contributed by atoms with Gasteiger partial charge in [0.05, 0.1) is 6.61 Å². The summed E-state index contributed by atoms with van der Waals surface area (Å²) in [7, 11) is 0. The largest absolute Gasteiger partial charge is 0.412 e. The van der Waals surface area contributed by atoms with Crippen LogP contribution in [0.1, 0.15) is 52.9 Å². The van der Waals surface area contributed by atoms with Crippen LogP contribution in [0.2, 0.25) is 0 Å². The first kappa shape index (κ1) is 22.1. The molecule has 0 bridgehead atoms. The molecular formula is C13H33NO3. The van der Waals surface area contributed by atoms with Crippen molar-refractivity contribution in [1.82, 2.24) is 4.90 Å². The molecule has 0 aromatic rings. The minimum Gasteiger partial charge on any atom is -0.412 e. The lowest BCUT2D eigenvalue weighted by atomic mass is 9.91. The van der Waals surface area contributed by atoms with Crippen LogP contribution in [0.5, 0.6) is 0 Å². The van der Waals surface area contributed by atoms with Crippen molar-refractivity contribution in [2.45, 2.75) is 52.9 Å². The van der Waals surface area contributed by atoms with Gasteiger partial charge in [0.2, 0.25) is 0 Å². The molecular weight excluding hydrogens is 218 g/mol. The Hall–Kier alpha value is -0.160. The van der Waals surface area contributed by atoms with Crippen molar-refractivity contribution in [2.24, 2.45) is 5.92 Å². The monoisotopic (exact) mass is 251 g/mol. The summed E-state index contributed by atoms with van der Waals surface area (Å²) in [6.45, 7) is 9.72. The second kappa shape index (κ2) is 15.8. The van der Waals surface area contributed by atoms with E-state index in [1.807, 2.05) is 0 Å². The lowest BCUT2D eigenvalue weighted by molar-refractivity contribution is 0.208. The van der Waals surface area contributed by atoms with Gasteiger partial charge in [-0.25, -0.2) is 0 Å². The van der Waals surface area contributed by atoms with E-state index in [1.165, 1.54) is 32.1 Å². The van der Waals surface area contributed by atoms with E-state index in [0.29, 0.717) is 0 Å². The maximum Gasteiger partial charge on any atom is 0.0558 e. The fraction of sp³-hybridized carbons (Fsp3) is 1.00. The minimum absolute atomic E-state index is 0. The summed E-state index contributed by atoms with van der Waals surface area (Å²) >= 11 is 0. The van der Waals surface area contributed by atoms with Crippen molar-refractivity contribution >= 4 is 0 Å². The number of aliphatic hydroxyl groups excluding tert-OH is 1. The third kappa shape index (κ3) is 13.8. The number of hydrogen-bond acceptors (Lipinski definition) is 2. The van der Waals surface area contributed by atoms with Gasteiger partial charge in [-0.2, -0.15) is 0 Å². The van der Waals surface area contributed by atoms with Crippen LogP contribution in [-0.4, -0.2) is 47.2 Å². The fourth-order valence-electron chi connectivity index (χ4n) is 1.99. The average molecular weight is 251 g/mol. The van der Waals surface area contributed by atoms with E-state index in [-0.39, 0.29) is 17.6 Å². The predicted octanol–water partition coefficient (Wildman–Crippen LogP) is 1.26. The quantitative estimate of drug-likeness (QED) is 0.815. The van der Waals surface area contributed by atoms with Gasteiger partial charge in [-0.3, -0.25) is 0 Å². The maximum absolute atomic E-state index is 8.46. The van der Waals surface area contributed by atoms with E-state index in [9.17, 15) is 0 Å². The number of hydrogen-bond donors (Lipinski definition) is 1. The van der Waals surface area contributed by atoms with Gasteiger partial charge >= 0.3 is 0 Å². The Kier molecular flexibility index (Phi) is 20.6. The van der Waals surface area contributed by atoms with E-state index in [4.69, 9.17) is 5.11 Å². The summed E-state index contributed by atoms with van der Waals surface area (Å²) in [6.07, 6.45) is 7.44. The molecule has 0 aliphatic heterocycles. The zero-order valence-electron chi connectivity index (χ0n) is 11.8. The average Bonchev–Trinajstić information content (AvgIpc) is 2.28. The molecule has 0 saturated heterocycles. The Morgan fingerprint density at radius 1 is 1.00 bits per heavy atom. The van der Waals surface area contributed by atoms with Gasteiger partial charge in [0, 0.05) is 6.54 Å². The van der Waals surface area contributed by atoms with Crippen molar-refractivity contribution in [3.05, 3.63) is 0 Å². The molecule has 5 N–H and O–H groups in total. The molecule has 0 aromatic carbocycles. The van der Waals surface area contributed by atoms with Gasteiger partial charge in [0.1, 0.15) is 0 Å². The summed E-state index contributed by atoms with van der Waals surface area (Å²) in [5.41, 5.74) is 0. The molecule has 1 saturated carbocycles. The molecule has 0 aromatic heterocycles. The topological polar surface area (TPSA) is 86.5 Å². The van der Waals surface area contributed by atoms with Crippen molar-refractivity contribution in [2.75, 3.05) is 26.2 Å². The van der Waals surface area contributed by atoms with Crippen molar-refractivity contribution < 1.29 is 16.1 Å². The van der Waals surface area contributed by atoms with Crippen LogP contribution in [0.15, 0.2) is 0 Å². The summed E-state index contributed by atoms with van der Waals surface area (Å²) in [5, 5.41) is 8.46. The number of nitrogens with zero attached hydrogens (tertiary/aromatic N) is 1. The predicted molar refractivity (Wildman–Crippen MR) is 74.4 cm³/mol. The Balaban J connectivity index is -0.000000207. The number of rotatable bonds is 4. The van der Waals surface area contributed by atoms with Crippen molar-refractivity contribution in [3.8, 4) is 0 Å². The third-order valence-electron chi connectivity index (χ3n) is 3.20. The van der Waals surface area contributed by atoms with Crippen molar-refractivity contribution in [3.63, 3.8) is 0 Å². The molecule has 0 amide bonds. The van der Waals surface area contributed by atoms with Gasteiger partial charge in [-0.05, 0) is 19.0 Å². The van der Waals surface area contributed by atoms with E-state index in [1.54, 1.807) is 0 Å². The van der Waals surface area contributed by atoms with E-state index >= 15 is 0 Å². The lowest BCUT2D eigenvalue weighted by Gasteiger charge is -2.15. The van der Waals surface area contributed by atoms with Gasteiger partial charge in [-0.1, -0.05) is 52.9 Å². The third-order valence-corrected chi connectivity index (χ3v) is 3.20. The molecule has 108 valence electrons. The van der Waals surface area contributed by atoms with Crippen LogP contribution < -0.4 is 0 Å². The first-order valence-corrected chi connectivity index (χ1v) is 6.57. The SMILES string of the molecule is CC1CCCCC1.CCN(CC)CCO.O.O. The molecule has 4 heteroatoms. The molecule has 1 rings (SSSR count). The first-order valence-electron chi connectivity index (χ1n) is 6.57. The minimum atomic E-state index is 0. The van der Waals surface area contributed by atoms with Crippen LogP contribution in [0.3, 0.4) is 0 Å². The number of likely N-dealkylation sites (N-methyl/N-ethyl adjacent to an activating group) is 1. The van der Waals surface area contributed by atoms with Gasteiger partial charge in [-0.15, -0.1) is 0 Å². The number of aliphatic hydroxyl groups is 1. The zero-order chi connectivity index (χ0) is 11.5. The molecule has 0 atom stereocenters. The van der Waals surface area contributed by atoms with E-state index in [2.05, 4.69) is 25.7 Å². The molecule has 1 aliphatic carbocycles. The van der Waals surface area contributed by atoms with Crippen LogP contribution in [-0.2, 0) is 0 Å². The second-order valence-electron chi connectivity index (χ2n) is 4.49. The highest BCUT2D eigenvalue weighted by Gasteiger charge is 2.05. The second-order valence-corrected chi connectivity index (χ2v) is 4.49. The van der Waals surface area contributed by atoms with Crippen LogP contribution in [0.25, 0.3) is 0 Å². The summed E-state index contributed by atoms with van der Waals surface area (Å²) in [5.74, 6) is 1.04. The Labute approximate surface area is 107 Å². The maximum atomic E-state index is 8.46. The Bertz CT molecular complexity index is 124. The summed E-state index contributed by atoms with van der Waals surface area (Å²) < 4.78 is 0. The van der Waals surface area contributed by atoms with Crippen LogP contribution >= 0.6 is 0 Å². The highest BCUT2D eigenvalue weighted by molar-refractivity contribution is 4.59.